The van der Waals surface area contributed by atoms with Gasteiger partial charge in [0.1, 0.15) is 5.75 Å². The normalized spacial score (nSPS) is 24.4. The highest BCUT2D eigenvalue weighted by atomic mass is 32.2. The highest BCUT2D eigenvalue weighted by Gasteiger charge is 2.40. The van der Waals surface area contributed by atoms with Crippen molar-refractivity contribution in [1.29, 1.82) is 0 Å². The molecule has 0 radical (unpaired) electrons. The van der Waals surface area contributed by atoms with Crippen molar-refractivity contribution < 1.29 is 17.9 Å². The second-order valence-electron chi connectivity index (χ2n) is 6.91. The fourth-order valence-electron chi connectivity index (χ4n) is 4.15. The molecule has 1 heterocycles. The van der Waals surface area contributed by atoms with E-state index in [-0.39, 0.29) is 16.8 Å². The lowest BCUT2D eigenvalue weighted by atomic mass is 9.79. The number of amides is 1. The lowest BCUT2D eigenvalue weighted by molar-refractivity contribution is -0.114. The lowest BCUT2D eigenvalue weighted by Crippen LogP contribution is -2.49. The van der Waals surface area contributed by atoms with E-state index in [0.717, 1.165) is 32.1 Å². The number of rotatable bonds is 4. The van der Waals surface area contributed by atoms with Crippen molar-refractivity contribution in [2.24, 2.45) is 5.92 Å². The molecule has 25 heavy (non-hydrogen) atoms. The maximum atomic E-state index is 13.3. The minimum Gasteiger partial charge on any atom is -0.495 e. The Hall–Kier alpha value is -1.60. The highest BCUT2D eigenvalue weighted by Crippen LogP contribution is 2.39. The Kier molecular flexibility index (Phi) is 5.34. The van der Waals surface area contributed by atoms with E-state index < -0.39 is 10.0 Å². The first kappa shape index (κ1) is 18.2. The topological polar surface area (TPSA) is 75.7 Å². The van der Waals surface area contributed by atoms with E-state index in [1.54, 1.807) is 16.4 Å². The number of ether oxygens (including phenoxy) is 1. The standard InChI is InChI=1S/C18H26N2O4S/c1-13(21)19-16-12-15(9-10-18(16)24-2)25(22,23)20-11-5-7-14-6-3-4-8-17(14)20/h9-10,12,14,17H,3-8,11H2,1-2H3,(H,19,21)/t14-,17+/m0/s1. The first-order valence-electron chi connectivity index (χ1n) is 8.91. The van der Waals surface area contributed by atoms with Gasteiger partial charge in [-0.15, -0.1) is 0 Å². The molecule has 2 atom stereocenters. The van der Waals surface area contributed by atoms with Crippen LogP contribution < -0.4 is 10.1 Å². The first-order chi connectivity index (χ1) is 11.9. The van der Waals surface area contributed by atoms with Crippen molar-refractivity contribution in [2.45, 2.75) is 56.4 Å². The molecule has 0 aromatic heterocycles. The van der Waals surface area contributed by atoms with Gasteiger partial charge in [-0.3, -0.25) is 4.79 Å². The van der Waals surface area contributed by atoms with Crippen LogP contribution in [0, 0.1) is 5.92 Å². The molecule has 0 spiro atoms. The summed E-state index contributed by atoms with van der Waals surface area (Å²) in [5.41, 5.74) is 0.383. The third kappa shape index (κ3) is 3.67. The molecule has 0 unspecified atom stereocenters. The number of fused-ring (bicyclic) bond motifs is 1. The molecule has 138 valence electrons. The van der Waals surface area contributed by atoms with Crippen LogP contribution in [0.25, 0.3) is 0 Å². The molecule has 7 heteroatoms. The minimum absolute atomic E-state index is 0.110. The molecule has 1 aromatic carbocycles. The number of benzene rings is 1. The number of anilines is 1. The summed E-state index contributed by atoms with van der Waals surface area (Å²) in [4.78, 5) is 11.6. The second-order valence-corrected chi connectivity index (χ2v) is 8.80. The molecule has 1 aliphatic heterocycles. The van der Waals surface area contributed by atoms with Crippen molar-refractivity contribution in [3.05, 3.63) is 18.2 Å². The van der Waals surface area contributed by atoms with Gasteiger partial charge < -0.3 is 10.1 Å². The number of methoxy groups -OCH3 is 1. The second kappa shape index (κ2) is 7.33. The number of carbonyl (C=O) groups excluding carboxylic acids is 1. The summed E-state index contributed by atoms with van der Waals surface area (Å²) in [5, 5.41) is 2.65. The molecule has 2 aliphatic rings. The van der Waals surface area contributed by atoms with Crippen molar-refractivity contribution in [1.82, 2.24) is 4.31 Å². The van der Waals surface area contributed by atoms with Crippen molar-refractivity contribution in [2.75, 3.05) is 19.0 Å². The van der Waals surface area contributed by atoms with E-state index >= 15 is 0 Å². The van der Waals surface area contributed by atoms with Gasteiger partial charge in [-0.25, -0.2) is 8.42 Å². The van der Waals surface area contributed by atoms with Crippen molar-refractivity contribution in [3.8, 4) is 5.75 Å². The van der Waals surface area contributed by atoms with Gasteiger partial charge in [0.05, 0.1) is 17.7 Å². The van der Waals surface area contributed by atoms with Crippen LogP contribution in [-0.2, 0) is 14.8 Å². The molecule has 1 aliphatic carbocycles. The minimum atomic E-state index is -3.59. The Labute approximate surface area is 149 Å². The van der Waals surface area contributed by atoms with Crippen LogP contribution in [0.1, 0.15) is 45.4 Å². The Morgan fingerprint density at radius 2 is 1.92 bits per heavy atom. The Bertz CT molecular complexity index is 745. The van der Waals surface area contributed by atoms with Crippen LogP contribution >= 0.6 is 0 Å². The smallest absolute Gasteiger partial charge is 0.243 e. The van der Waals surface area contributed by atoms with Gasteiger partial charge in [0.2, 0.25) is 15.9 Å². The Balaban J connectivity index is 1.94. The van der Waals surface area contributed by atoms with Crippen molar-refractivity contribution in [3.63, 3.8) is 0 Å². The van der Waals surface area contributed by atoms with E-state index in [1.165, 1.54) is 26.5 Å². The number of carbonyl (C=O) groups is 1. The van der Waals surface area contributed by atoms with Crippen LogP contribution in [0.5, 0.6) is 5.75 Å². The number of nitrogens with one attached hydrogen (secondary N) is 1. The summed E-state index contributed by atoms with van der Waals surface area (Å²) in [6.45, 7) is 1.96. The molecule has 0 bridgehead atoms. The number of piperidine rings is 1. The third-order valence-corrected chi connectivity index (χ3v) is 7.20. The maximum Gasteiger partial charge on any atom is 0.243 e. The number of hydrogen-bond donors (Lipinski definition) is 1. The maximum absolute atomic E-state index is 13.3. The van der Waals surface area contributed by atoms with E-state index in [0.29, 0.717) is 23.9 Å². The number of nitrogens with zero attached hydrogens (tertiary/aromatic N) is 1. The van der Waals surface area contributed by atoms with Crippen LogP contribution in [0.3, 0.4) is 0 Å². The van der Waals surface area contributed by atoms with Gasteiger partial charge in [-0.1, -0.05) is 12.8 Å². The summed E-state index contributed by atoms with van der Waals surface area (Å²) >= 11 is 0. The summed E-state index contributed by atoms with van der Waals surface area (Å²) in [6.07, 6.45) is 6.39. The predicted octanol–water partition coefficient (Wildman–Crippen LogP) is 3.00. The zero-order valence-corrected chi connectivity index (χ0v) is 15.6. The molecular weight excluding hydrogens is 340 g/mol. The monoisotopic (exact) mass is 366 g/mol. The van der Waals surface area contributed by atoms with Crippen LogP contribution in [0.15, 0.2) is 23.1 Å². The predicted molar refractivity (Wildman–Crippen MR) is 96.2 cm³/mol. The Morgan fingerprint density at radius 3 is 2.64 bits per heavy atom. The average molecular weight is 366 g/mol. The SMILES string of the molecule is COc1ccc(S(=O)(=O)N2CCC[C@@H]3CCCC[C@H]32)cc1NC(C)=O. The zero-order chi connectivity index (χ0) is 18.0. The van der Waals surface area contributed by atoms with E-state index in [1.807, 2.05) is 0 Å². The fraction of sp³-hybridized carbons (Fsp3) is 0.611. The van der Waals surface area contributed by atoms with Gasteiger partial charge in [-0.2, -0.15) is 4.31 Å². The summed E-state index contributed by atoms with van der Waals surface area (Å²) in [7, 11) is -2.10. The molecule has 1 amide bonds. The van der Waals surface area contributed by atoms with Gasteiger partial charge in [0.15, 0.2) is 0 Å². The van der Waals surface area contributed by atoms with Crippen LogP contribution in [0.2, 0.25) is 0 Å². The van der Waals surface area contributed by atoms with Crippen LogP contribution in [0.4, 0.5) is 5.69 Å². The van der Waals surface area contributed by atoms with Gasteiger partial charge in [0, 0.05) is 19.5 Å². The molecule has 1 N–H and O–H groups in total. The third-order valence-electron chi connectivity index (χ3n) is 5.28. The molecule has 3 rings (SSSR count). The van der Waals surface area contributed by atoms with Gasteiger partial charge >= 0.3 is 0 Å². The molecule has 6 nitrogen and oxygen atoms in total. The molecule has 2 fully saturated rings. The summed E-state index contributed by atoms with van der Waals surface area (Å²) in [5.74, 6) is 0.659. The molecule has 1 saturated heterocycles. The zero-order valence-electron chi connectivity index (χ0n) is 14.8. The molecule has 1 aromatic rings. The number of sulfonamides is 1. The van der Waals surface area contributed by atoms with Gasteiger partial charge in [-0.05, 0) is 49.8 Å². The quantitative estimate of drug-likeness (QED) is 0.889. The Morgan fingerprint density at radius 1 is 1.20 bits per heavy atom. The summed E-state index contributed by atoms with van der Waals surface area (Å²) < 4.78 is 33.4. The first-order valence-corrected chi connectivity index (χ1v) is 10.3. The number of hydrogen-bond acceptors (Lipinski definition) is 4. The van der Waals surface area contributed by atoms with Gasteiger partial charge in [0.25, 0.3) is 0 Å². The fourth-order valence-corrected chi connectivity index (χ4v) is 5.93. The molecule has 1 saturated carbocycles. The summed E-state index contributed by atoms with van der Waals surface area (Å²) in [6, 6.07) is 4.77. The van der Waals surface area contributed by atoms with E-state index in [2.05, 4.69) is 5.32 Å². The van der Waals surface area contributed by atoms with Crippen molar-refractivity contribution >= 4 is 21.6 Å². The largest absolute Gasteiger partial charge is 0.495 e. The van der Waals surface area contributed by atoms with Crippen LogP contribution in [-0.4, -0.2) is 38.3 Å². The molecular formula is C18H26N2O4S. The lowest BCUT2D eigenvalue weighted by Gasteiger charge is -2.43. The van der Waals surface area contributed by atoms with E-state index in [4.69, 9.17) is 4.74 Å². The average Bonchev–Trinajstić information content (AvgIpc) is 2.60. The highest BCUT2D eigenvalue weighted by molar-refractivity contribution is 7.89. The van der Waals surface area contributed by atoms with E-state index in [9.17, 15) is 13.2 Å².